The van der Waals surface area contributed by atoms with E-state index in [2.05, 4.69) is 20.3 Å². The molecule has 0 atom stereocenters. The lowest BCUT2D eigenvalue weighted by Gasteiger charge is -2.06. The van der Waals surface area contributed by atoms with E-state index in [9.17, 15) is 4.79 Å². The van der Waals surface area contributed by atoms with E-state index in [0.717, 1.165) is 24.0 Å². The number of nitrogens with one attached hydrogen (secondary N) is 1. The summed E-state index contributed by atoms with van der Waals surface area (Å²) in [6.45, 7) is 5.94. The van der Waals surface area contributed by atoms with Gasteiger partial charge in [-0.25, -0.2) is 4.63 Å². The Labute approximate surface area is 112 Å². The first kappa shape index (κ1) is 13.3. The molecular weight excluding hydrogens is 242 g/mol. The van der Waals surface area contributed by atoms with Crippen LogP contribution in [0.2, 0.25) is 0 Å². The Balaban J connectivity index is 2.18. The van der Waals surface area contributed by atoms with Gasteiger partial charge in [0, 0.05) is 5.56 Å². The van der Waals surface area contributed by atoms with Gasteiger partial charge >= 0.3 is 0 Å². The summed E-state index contributed by atoms with van der Waals surface area (Å²) in [6, 6.07) is 5.70. The highest BCUT2D eigenvalue weighted by molar-refractivity contribution is 6.05. The van der Waals surface area contributed by atoms with Gasteiger partial charge in [-0.05, 0) is 37.1 Å². The van der Waals surface area contributed by atoms with Gasteiger partial charge in [-0.2, -0.15) is 0 Å². The Hall–Kier alpha value is -2.17. The van der Waals surface area contributed by atoms with E-state index in [4.69, 9.17) is 0 Å². The SMILES string of the molecule is CCCc1nonc1NC(=O)c1ccc(C)cc1C. The van der Waals surface area contributed by atoms with Crippen molar-refractivity contribution in [2.45, 2.75) is 33.6 Å². The summed E-state index contributed by atoms with van der Waals surface area (Å²) in [5.41, 5.74) is 3.38. The average molecular weight is 259 g/mol. The molecule has 5 nitrogen and oxygen atoms in total. The predicted octanol–water partition coefficient (Wildman–Crippen LogP) is 2.89. The third kappa shape index (κ3) is 2.99. The fraction of sp³-hybridized carbons (Fsp3) is 0.357. The Bertz CT molecular complexity index is 590. The maximum Gasteiger partial charge on any atom is 0.257 e. The van der Waals surface area contributed by atoms with E-state index in [1.807, 2.05) is 39.0 Å². The number of nitrogens with zero attached hydrogens (tertiary/aromatic N) is 2. The number of rotatable bonds is 4. The third-order valence-electron chi connectivity index (χ3n) is 2.90. The molecule has 2 aromatic rings. The molecule has 0 aliphatic heterocycles. The fourth-order valence-electron chi connectivity index (χ4n) is 1.95. The lowest BCUT2D eigenvalue weighted by atomic mass is 10.1. The number of hydrogen-bond acceptors (Lipinski definition) is 4. The number of aryl methyl sites for hydroxylation is 3. The zero-order valence-corrected chi connectivity index (χ0v) is 11.4. The minimum atomic E-state index is -0.189. The Morgan fingerprint density at radius 2 is 2.11 bits per heavy atom. The first-order valence-electron chi connectivity index (χ1n) is 6.32. The second kappa shape index (κ2) is 5.65. The highest BCUT2D eigenvalue weighted by Gasteiger charge is 2.15. The molecule has 1 aromatic heterocycles. The summed E-state index contributed by atoms with van der Waals surface area (Å²) in [4.78, 5) is 12.2. The lowest BCUT2D eigenvalue weighted by Crippen LogP contribution is -2.14. The number of hydrogen-bond donors (Lipinski definition) is 1. The molecule has 19 heavy (non-hydrogen) atoms. The first-order valence-corrected chi connectivity index (χ1v) is 6.32. The molecule has 0 aliphatic rings. The van der Waals surface area contributed by atoms with Crippen LogP contribution in [0.15, 0.2) is 22.8 Å². The molecule has 5 heteroatoms. The quantitative estimate of drug-likeness (QED) is 0.916. The molecule has 0 saturated carbocycles. The van der Waals surface area contributed by atoms with E-state index in [-0.39, 0.29) is 5.91 Å². The predicted molar refractivity (Wildman–Crippen MR) is 72.2 cm³/mol. The van der Waals surface area contributed by atoms with Gasteiger partial charge in [-0.3, -0.25) is 4.79 Å². The van der Waals surface area contributed by atoms with Crippen LogP contribution >= 0.6 is 0 Å². The molecule has 1 aromatic carbocycles. The molecule has 0 unspecified atom stereocenters. The summed E-state index contributed by atoms with van der Waals surface area (Å²) in [5.74, 6) is 0.220. The second-order valence-electron chi connectivity index (χ2n) is 4.58. The van der Waals surface area contributed by atoms with Crippen molar-refractivity contribution < 1.29 is 9.42 Å². The minimum Gasteiger partial charge on any atom is -0.302 e. The van der Waals surface area contributed by atoms with Gasteiger partial charge in [0.1, 0.15) is 5.69 Å². The third-order valence-corrected chi connectivity index (χ3v) is 2.90. The van der Waals surface area contributed by atoms with Gasteiger partial charge < -0.3 is 5.32 Å². The van der Waals surface area contributed by atoms with Crippen molar-refractivity contribution >= 4 is 11.7 Å². The Morgan fingerprint density at radius 1 is 1.32 bits per heavy atom. The van der Waals surface area contributed by atoms with E-state index in [1.165, 1.54) is 0 Å². The van der Waals surface area contributed by atoms with Gasteiger partial charge in [-0.1, -0.05) is 36.2 Å². The van der Waals surface area contributed by atoms with Crippen LogP contribution in [0.4, 0.5) is 5.82 Å². The summed E-state index contributed by atoms with van der Waals surface area (Å²) in [5, 5.41) is 10.3. The summed E-state index contributed by atoms with van der Waals surface area (Å²) in [7, 11) is 0. The number of amides is 1. The maximum atomic E-state index is 12.2. The molecule has 1 N–H and O–H groups in total. The number of carbonyl (C=O) groups is 1. The van der Waals surface area contributed by atoms with Crippen molar-refractivity contribution in [2.24, 2.45) is 0 Å². The van der Waals surface area contributed by atoms with Crippen LogP contribution in [0.3, 0.4) is 0 Å². The van der Waals surface area contributed by atoms with Gasteiger partial charge in [0.2, 0.25) is 5.82 Å². The summed E-state index contributed by atoms with van der Waals surface area (Å²) >= 11 is 0. The maximum absolute atomic E-state index is 12.2. The standard InChI is InChI=1S/C14H17N3O2/c1-4-5-12-13(17-19-16-12)15-14(18)11-7-6-9(2)8-10(11)3/h6-8H,4-5H2,1-3H3,(H,15,17,18). The minimum absolute atomic E-state index is 0.189. The van der Waals surface area contributed by atoms with Crippen molar-refractivity contribution in [1.29, 1.82) is 0 Å². The van der Waals surface area contributed by atoms with Crippen LogP contribution < -0.4 is 5.32 Å². The normalized spacial score (nSPS) is 10.5. The summed E-state index contributed by atoms with van der Waals surface area (Å²) in [6.07, 6.45) is 1.65. The first-order chi connectivity index (χ1) is 9.11. The largest absolute Gasteiger partial charge is 0.302 e. The highest BCUT2D eigenvalue weighted by atomic mass is 16.6. The molecule has 0 bridgehead atoms. The molecule has 0 fully saturated rings. The molecule has 0 aliphatic carbocycles. The van der Waals surface area contributed by atoms with Gasteiger partial charge in [0.05, 0.1) is 0 Å². The molecular formula is C14H17N3O2. The van der Waals surface area contributed by atoms with E-state index in [0.29, 0.717) is 17.1 Å². The number of benzene rings is 1. The molecule has 2 rings (SSSR count). The van der Waals surface area contributed by atoms with Crippen LogP contribution in [-0.2, 0) is 6.42 Å². The lowest BCUT2D eigenvalue weighted by molar-refractivity contribution is 0.102. The zero-order valence-electron chi connectivity index (χ0n) is 11.4. The monoisotopic (exact) mass is 259 g/mol. The molecule has 0 radical (unpaired) electrons. The second-order valence-corrected chi connectivity index (χ2v) is 4.58. The van der Waals surface area contributed by atoms with Gasteiger partial charge in [0.25, 0.3) is 5.91 Å². The fourth-order valence-corrected chi connectivity index (χ4v) is 1.95. The van der Waals surface area contributed by atoms with Crippen molar-refractivity contribution in [3.05, 3.63) is 40.6 Å². The number of carbonyl (C=O) groups excluding carboxylic acids is 1. The van der Waals surface area contributed by atoms with Crippen LogP contribution in [-0.4, -0.2) is 16.2 Å². The van der Waals surface area contributed by atoms with Crippen LogP contribution in [0.1, 0.15) is 40.5 Å². The molecule has 0 spiro atoms. The average Bonchev–Trinajstić information content (AvgIpc) is 2.77. The molecule has 100 valence electrons. The Morgan fingerprint density at radius 3 is 2.79 bits per heavy atom. The van der Waals surface area contributed by atoms with E-state index < -0.39 is 0 Å². The van der Waals surface area contributed by atoms with Crippen LogP contribution in [0, 0.1) is 13.8 Å². The van der Waals surface area contributed by atoms with E-state index in [1.54, 1.807) is 0 Å². The summed E-state index contributed by atoms with van der Waals surface area (Å²) < 4.78 is 4.67. The van der Waals surface area contributed by atoms with Crippen molar-refractivity contribution in [3.63, 3.8) is 0 Å². The molecule has 0 saturated heterocycles. The van der Waals surface area contributed by atoms with Crippen molar-refractivity contribution in [3.8, 4) is 0 Å². The molecule has 1 heterocycles. The number of anilines is 1. The van der Waals surface area contributed by atoms with Gasteiger partial charge in [0.15, 0.2) is 0 Å². The number of aromatic nitrogens is 2. The smallest absolute Gasteiger partial charge is 0.257 e. The van der Waals surface area contributed by atoms with Gasteiger partial charge in [-0.15, -0.1) is 0 Å². The zero-order chi connectivity index (χ0) is 13.8. The van der Waals surface area contributed by atoms with Crippen molar-refractivity contribution in [2.75, 3.05) is 5.32 Å². The van der Waals surface area contributed by atoms with Crippen molar-refractivity contribution in [1.82, 2.24) is 10.3 Å². The Kier molecular flexibility index (Phi) is 3.94. The highest BCUT2D eigenvalue weighted by Crippen LogP contribution is 2.15. The van der Waals surface area contributed by atoms with Crippen LogP contribution in [0.25, 0.3) is 0 Å². The molecule has 1 amide bonds. The topological polar surface area (TPSA) is 68.0 Å². The van der Waals surface area contributed by atoms with Crippen LogP contribution in [0.5, 0.6) is 0 Å². The van der Waals surface area contributed by atoms with E-state index >= 15 is 0 Å².